The minimum Gasteiger partial charge on any atom is -0.353 e. The van der Waals surface area contributed by atoms with Gasteiger partial charge in [0, 0.05) is 38.1 Å². The molecule has 7 nitrogen and oxygen atoms in total. The Morgan fingerprint density at radius 1 is 1.26 bits per heavy atom. The van der Waals surface area contributed by atoms with E-state index in [2.05, 4.69) is 15.7 Å². The SMILES string of the molecule is O=C(Cn1ncc(=O)c2ccccc21)NCC(N1CCNCC1)C(F)(F)F. The fraction of sp³-hybridized carbons (Fsp3) is 0.471. The van der Waals surface area contributed by atoms with E-state index in [0.717, 1.165) is 6.20 Å². The van der Waals surface area contributed by atoms with Gasteiger partial charge in [-0.05, 0) is 12.1 Å². The average molecular weight is 383 g/mol. The van der Waals surface area contributed by atoms with Crippen LogP contribution in [0.2, 0.25) is 0 Å². The largest absolute Gasteiger partial charge is 0.405 e. The molecule has 10 heteroatoms. The highest BCUT2D eigenvalue weighted by Gasteiger charge is 2.43. The van der Waals surface area contributed by atoms with Gasteiger partial charge in [-0.3, -0.25) is 19.2 Å². The number of aromatic nitrogens is 2. The Morgan fingerprint density at radius 2 is 1.96 bits per heavy atom. The molecule has 0 spiro atoms. The zero-order chi connectivity index (χ0) is 19.4. The van der Waals surface area contributed by atoms with Crippen LogP contribution in [0.5, 0.6) is 0 Å². The normalized spacial score (nSPS) is 17.0. The molecule has 0 radical (unpaired) electrons. The van der Waals surface area contributed by atoms with Crippen LogP contribution in [0.25, 0.3) is 10.9 Å². The van der Waals surface area contributed by atoms with Crippen molar-refractivity contribution in [3.05, 3.63) is 40.7 Å². The maximum Gasteiger partial charge on any atom is 0.405 e. The summed E-state index contributed by atoms with van der Waals surface area (Å²) in [6.45, 7) is 0.701. The molecule has 1 aliphatic rings. The van der Waals surface area contributed by atoms with Crippen molar-refractivity contribution in [3.63, 3.8) is 0 Å². The number of nitrogens with zero attached hydrogens (tertiary/aromatic N) is 3. The van der Waals surface area contributed by atoms with Gasteiger partial charge in [-0.25, -0.2) is 0 Å². The minimum atomic E-state index is -4.44. The Hall–Kier alpha value is -2.46. The van der Waals surface area contributed by atoms with Crippen LogP contribution in [0.1, 0.15) is 0 Å². The molecule has 1 fully saturated rings. The number of rotatable bonds is 5. The van der Waals surface area contributed by atoms with Crippen LogP contribution in [-0.4, -0.2) is 65.5 Å². The molecule has 1 aliphatic heterocycles. The first-order valence-corrected chi connectivity index (χ1v) is 8.59. The molecule has 1 aromatic heterocycles. The van der Waals surface area contributed by atoms with Crippen molar-refractivity contribution in [2.24, 2.45) is 0 Å². The van der Waals surface area contributed by atoms with E-state index in [1.165, 1.54) is 9.58 Å². The molecule has 3 rings (SSSR count). The van der Waals surface area contributed by atoms with Crippen molar-refractivity contribution in [3.8, 4) is 0 Å². The van der Waals surface area contributed by atoms with Crippen molar-refractivity contribution < 1.29 is 18.0 Å². The number of nitrogens with one attached hydrogen (secondary N) is 2. The third-order valence-corrected chi connectivity index (χ3v) is 4.52. The summed E-state index contributed by atoms with van der Waals surface area (Å²) in [6.07, 6.45) is -3.35. The molecule has 146 valence electrons. The first kappa shape index (κ1) is 19.3. The van der Waals surface area contributed by atoms with Gasteiger partial charge in [-0.2, -0.15) is 18.3 Å². The van der Waals surface area contributed by atoms with Gasteiger partial charge in [-0.15, -0.1) is 0 Å². The number of hydrogen-bond acceptors (Lipinski definition) is 5. The Bertz CT molecular complexity index is 862. The van der Waals surface area contributed by atoms with Crippen molar-refractivity contribution in [2.45, 2.75) is 18.8 Å². The molecule has 0 saturated carbocycles. The van der Waals surface area contributed by atoms with E-state index in [9.17, 15) is 22.8 Å². The smallest absolute Gasteiger partial charge is 0.353 e. The monoisotopic (exact) mass is 383 g/mol. The third kappa shape index (κ3) is 4.64. The summed E-state index contributed by atoms with van der Waals surface area (Å²) in [6, 6.07) is 4.90. The predicted molar refractivity (Wildman–Crippen MR) is 93.3 cm³/mol. The highest BCUT2D eigenvalue weighted by molar-refractivity contribution is 5.81. The predicted octanol–water partition coefficient (Wildman–Crippen LogP) is 0.349. The molecule has 1 unspecified atom stereocenters. The topological polar surface area (TPSA) is 79.3 Å². The van der Waals surface area contributed by atoms with E-state index in [1.807, 2.05) is 0 Å². The van der Waals surface area contributed by atoms with Gasteiger partial charge < -0.3 is 10.6 Å². The van der Waals surface area contributed by atoms with Gasteiger partial charge in [-0.1, -0.05) is 12.1 Å². The van der Waals surface area contributed by atoms with Crippen LogP contribution in [-0.2, 0) is 11.3 Å². The second kappa shape index (κ2) is 8.05. The number of amides is 1. The lowest BCUT2D eigenvalue weighted by Crippen LogP contribution is -2.57. The summed E-state index contributed by atoms with van der Waals surface area (Å²) in [5.41, 5.74) is 0.174. The highest BCUT2D eigenvalue weighted by atomic mass is 19.4. The van der Waals surface area contributed by atoms with Gasteiger partial charge >= 0.3 is 6.18 Å². The zero-order valence-electron chi connectivity index (χ0n) is 14.5. The lowest BCUT2D eigenvalue weighted by atomic mass is 10.2. The highest BCUT2D eigenvalue weighted by Crippen LogP contribution is 2.24. The fourth-order valence-corrected chi connectivity index (χ4v) is 3.14. The maximum atomic E-state index is 13.4. The molecule has 2 aromatic rings. The Kier molecular flexibility index (Phi) is 5.76. The Morgan fingerprint density at radius 3 is 2.67 bits per heavy atom. The van der Waals surface area contributed by atoms with Crippen molar-refractivity contribution in [1.29, 1.82) is 0 Å². The van der Waals surface area contributed by atoms with Crippen LogP contribution in [0, 0.1) is 0 Å². The van der Waals surface area contributed by atoms with Gasteiger partial charge in [0.2, 0.25) is 11.3 Å². The number of hydrogen-bond donors (Lipinski definition) is 2. The molecular weight excluding hydrogens is 363 g/mol. The van der Waals surface area contributed by atoms with Crippen molar-refractivity contribution >= 4 is 16.8 Å². The van der Waals surface area contributed by atoms with Crippen molar-refractivity contribution in [1.82, 2.24) is 25.3 Å². The van der Waals surface area contributed by atoms with E-state index in [0.29, 0.717) is 24.0 Å². The van der Waals surface area contributed by atoms with Crippen LogP contribution in [0.4, 0.5) is 13.2 Å². The van der Waals surface area contributed by atoms with Crippen LogP contribution in [0.15, 0.2) is 35.3 Å². The number of halogens is 3. The standard InChI is InChI=1S/C17H20F3N5O2/c18-17(19,20)15(24-7-5-21-6-8-24)10-22-16(27)11-25-13-4-2-1-3-12(13)14(26)9-23-25/h1-4,9,15,21H,5-8,10-11H2,(H,22,27). The first-order valence-electron chi connectivity index (χ1n) is 8.59. The van der Waals surface area contributed by atoms with Gasteiger partial charge in [0.05, 0.1) is 11.7 Å². The number of carbonyl (C=O) groups excluding carboxylic acids is 1. The van der Waals surface area contributed by atoms with E-state index in [1.54, 1.807) is 24.3 Å². The lowest BCUT2D eigenvalue weighted by molar-refractivity contribution is -0.184. The van der Waals surface area contributed by atoms with E-state index >= 15 is 0 Å². The first-order chi connectivity index (χ1) is 12.9. The van der Waals surface area contributed by atoms with Crippen molar-refractivity contribution in [2.75, 3.05) is 32.7 Å². The maximum absolute atomic E-state index is 13.4. The van der Waals surface area contributed by atoms with Crippen LogP contribution in [0.3, 0.4) is 0 Å². The number of alkyl halides is 3. The number of para-hydroxylation sites is 1. The number of benzene rings is 1. The molecule has 1 aromatic carbocycles. The molecule has 1 saturated heterocycles. The molecule has 27 heavy (non-hydrogen) atoms. The minimum absolute atomic E-state index is 0.270. The van der Waals surface area contributed by atoms with E-state index in [4.69, 9.17) is 0 Å². The van der Waals surface area contributed by atoms with Crippen LogP contribution < -0.4 is 16.1 Å². The quantitative estimate of drug-likeness (QED) is 0.779. The molecule has 0 aliphatic carbocycles. The number of carbonyl (C=O) groups is 1. The molecule has 2 heterocycles. The van der Waals surface area contributed by atoms with E-state index < -0.39 is 24.7 Å². The van der Waals surface area contributed by atoms with Gasteiger partial charge in [0.1, 0.15) is 12.6 Å². The average Bonchev–Trinajstić information content (AvgIpc) is 2.64. The number of fused-ring (bicyclic) bond motifs is 1. The summed E-state index contributed by atoms with van der Waals surface area (Å²) < 4.78 is 41.4. The molecule has 1 atom stereocenters. The summed E-state index contributed by atoms with van der Waals surface area (Å²) in [7, 11) is 0. The second-order valence-corrected chi connectivity index (χ2v) is 6.33. The fourth-order valence-electron chi connectivity index (χ4n) is 3.14. The molecular formula is C17H20F3N5O2. The summed E-state index contributed by atoms with van der Waals surface area (Å²) >= 11 is 0. The van der Waals surface area contributed by atoms with E-state index in [-0.39, 0.29) is 25.1 Å². The Labute approximate surface area is 153 Å². The summed E-state index contributed by atoms with van der Waals surface area (Å²) in [5.74, 6) is -0.597. The number of piperazine rings is 1. The summed E-state index contributed by atoms with van der Waals surface area (Å²) in [4.78, 5) is 25.3. The third-order valence-electron chi connectivity index (χ3n) is 4.52. The second-order valence-electron chi connectivity index (χ2n) is 6.33. The molecule has 0 bridgehead atoms. The zero-order valence-corrected chi connectivity index (χ0v) is 14.5. The molecule has 2 N–H and O–H groups in total. The summed E-state index contributed by atoms with van der Waals surface area (Å²) in [5, 5.41) is 9.67. The van der Waals surface area contributed by atoms with Gasteiger partial charge in [0.25, 0.3) is 0 Å². The van der Waals surface area contributed by atoms with Crippen LogP contribution >= 0.6 is 0 Å². The molecule has 1 amide bonds. The Balaban J connectivity index is 1.68. The lowest BCUT2D eigenvalue weighted by Gasteiger charge is -2.35. The van der Waals surface area contributed by atoms with Gasteiger partial charge in [0.15, 0.2) is 0 Å².